The van der Waals surface area contributed by atoms with Gasteiger partial charge in [-0.05, 0) is 31.6 Å². The third-order valence-electron chi connectivity index (χ3n) is 5.35. The smallest absolute Gasteiger partial charge is 0.215 e. The van der Waals surface area contributed by atoms with Gasteiger partial charge in [0, 0.05) is 32.7 Å². The molecule has 0 bridgehead atoms. The molecular weight excluding hydrogens is 467 g/mol. The normalized spacial score (nSPS) is 21.2. The predicted molar refractivity (Wildman–Crippen MR) is 117 cm³/mol. The van der Waals surface area contributed by atoms with Crippen LogP contribution in [0, 0.1) is 5.41 Å². The van der Waals surface area contributed by atoms with Gasteiger partial charge in [-0.25, -0.2) is 8.42 Å². The number of aliphatic imine (C=N–C) groups is 1. The van der Waals surface area contributed by atoms with Crippen LogP contribution >= 0.6 is 24.0 Å². The van der Waals surface area contributed by atoms with E-state index in [0.717, 1.165) is 25.5 Å². The number of rotatable bonds is 8. The van der Waals surface area contributed by atoms with Crippen LogP contribution in [0.2, 0.25) is 0 Å². The van der Waals surface area contributed by atoms with Crippen LogP contribution in [0.25, 0.3) is 0 Å². The van der Waals surface area contributed by atoms with Gasteiger partial charge in [0.1, 0.15) is 0 Å². The molecule has 2 N–H and O–H groups in total. The van der Waals surface area contributed by atoms with E-state index in [1.54, 1.807) is 0 Å². The Hall–Kier alpha value is -0.130. The number of nitrogens with one attached hydrogen (secondary N) is 2. The zero-order valence-electron chi connectivity index (χ0n) is 16.1. The van der Waals surface area contributed by atoms with Crippen LogP contribution in [-0.4, -0.2) is 70.4 Å². The topological polar surface area (TPSA) is 83.0 Å². The third kappa shape index (κ3) is 7.12. The molecule has 0 radical (unpaired) electrons. The molecule has 1 aliphatic heterocycles. The first kappa shape index (κ1) is 23.9. The maximum atomic E-state index is 12.4. The average Bonchev–Trinajstić information content (AvgIpc) is 3.10. The highest BCUT2D eigenvalue weighted by Crippen LogP contribution is 2.41. The molecule has 2 fully saturated rings. The number of sulfonamides is 1. The van der Waals surface area contributed by atoms with Crippen LogP contribution in [-0.2, 0) is 14.8 Å². The lowest BCUT2D eigenvalue weighted by Gasteiger charge is -2.27. The Labute approximate surface area is 175 Å². The number of hydrogen-bond acceptors (Lipinski definition) is 4. The Kier molecular flexibility index (Phi) is 10.7. The first-order valence-electron chi connectivity index (χ1n) is 9.59. The molecule has 0 aromatic rings. The van der Waals surface area contributed by atoms with Crippen molar-refractivity contribution in [1.82, 2.24) is 14.9 Å². The molecule has 0 aromatic carbocycles. The standard InChI is InChI=1S/C17H34N4O3S.HI/c1-3-17(7-5-6-8-17)15-20-16(18-4-2)19-9-14-25(22,23)21-10-12-24-13-11-21;/h3-15H2,1-2H3,(H2,18,19,20);1H. The van der Waals surface area contributed by atoms with Gasteiger partial charge in [-0.2, -0.15) is 4.31 Å². The summed E-state index contributed by atoms with van der Waals surface area (Å²) in [4.78, 5) is 4.74. The van der Waals surface area contributed by atoms with E-state index < -0.39 is 10.0 Å². The zero-order valence-corrected chi connectivity index (χ0v) is 19.3. The van der Waals surface area contributed by atoms with Gasteiger partial charge in [-0.3, -0.25) is 4.99 Å². The van der Waals surface area contributed by atoms with Gasteiger partial charge in [-0.15, -0.1) is 24.0 Å². The third-order valence-corrected chi connectivity index (χ3v) is 7.22. The summed E-state index contributed by atoms with van der Waals surface area (Å²) in [6.07, 6.45) is 6.24. The SMILES string of the molecule is CCNC(=NCC1(CC)CCCC1)NCCS(=O)(=O)N1CCOCC1.I. The van der Waals surface area contributed by atoms with E-state index in [1.807, 2.05) is 6.92 Å². The van der Waals surface area contributed by atoms with Crippen LogP contribution in [0.1, 0.15) is 46.0 Å². The Balaban J connectivity index is 0.00000338. The second-order valence-corrected chi connectivity index (χ2v) is 9.10. The van der Waals surface area contributed by atoms with E-state index in [2.05, 4.69) is 17.6 Å². The largest absolute Gasteiger partial charge is 0.379 e. The van der Waals surface area contributed by atoms with E-state index in [4.69, 9.17) is 9.73 Å². The minimum absolute atomic E-state index is 0. The zero-order chi connectivity index (χ0) is 18.2. The van der Waals surface area contributed by atoms with Gasteiger partial charge in [0.2, 0.25) is 10.0 Å². The fourth-order valence-corrected chi connectivity index (χ4v) is 4.91. The lowest BCUT2D eigenvalue weighted by molar-refractivity contribution is 0.0730. The average molecular weight is 502 g/mol. The Morgan fingerprint density at radius 2 is 1.81 bits per heavy atom. The molecule has 2 rings (SSSR count). The van der Waals surface area contributed by atoms with Crippen molar-refractivity contribution >= 4 is 40.0 Å². The molecule has 0 spiro atoms. The highest BCUT2D eigenvalue weighted by molar-refractivity contribution is 14.0. The van der Waals surface area contributed by atoms with Crippen LogP contribution in [0.15, 0.2) is 4.99 Å². The summed E-state index contributed by atoms with van der Waals surface area (Å²) in [5.74, 6) is 0.801. The Bertz CT molecular complexity index is 530. The molecular formula is C17H35IN4O3S. The second kappa shape index (κ2) is 11.7. The summed E-state index contributed by atoms with van der Waals surface area (Å²) in [5.41, 5.74) is 0.336. The van der Waals surface area contributed by atoms with Crippen LogP contribution in [0.3, 0.4) is 0 Å². The highest BCUT2D eigenvalue weighted by atomic mass is 127. The Morgan fingerprint density at radius 3 is 2.38 bits per heavy atom. The number of hydrogen-bond donors (Lipinski definition) is 2. The first-order chi connectivity index (χ1) is 12.0. The number of morpholine rings is 1. The molecule has 0 aromatic heterocycles. The van der Waals surface area contributed by atoms with Gasteiger partial charge < -0.3 is 15.4 Å². The van der Waals surface area contributed by atoms with Crippen molar-refractivity contribution in [3.8, 4) is 0 Å². The fraction of sp³-hybridized carbons (Fsp3) is 0.941. The van der Waals surface area contributed by atoms with Crippen molar-refractivity contribution in [1.29, 1.82) is 0 Å². The summed E-state index contributed by atoms with van der Waals surface area (Å²) in [7, 11) is -3.23. The van der Waals surface area contributed by atoms with Crippen molar-refractivity contribution in [2.75, 3.05) is 51.7 Å². The summed E-state index contributed by atoms with van der Waals surface area (Å²) in [6.45, 7) is 8.08. The molecule has 0 atom stereocenters. The maximum Gasteiger partial charge on any atom is 0.215 e. The van der Waals surface area contributed by atoms with Crippen molar-refractivity contribution in [3.05, 3.63) is 0 Å². The molecule has 2 aliphatic rings. The van der Waals surface area contributed by atoms with Gasteiger partial charge in [-0.1, -0.05) is 19.8 Å². The summed E-state index contributed by atoms with van der Waals surface area (Å²) in [5, 5.41) is 6.41. The maximum absolute atomic E-state index is 12.4. The van der Waals surface area contributed by atoms with Crippen LogP contribution < -0.4 is 10.6 Å². The number of halogens is 1. The Morgan fingerprint density at radius 1 is 1.15 bits per heavy atom. The molecule has 0 unspecified atom stereocenters. The van der Waals surface area contributed by atoms with Gasteiger partial charge in [0.15, 0.2) is 5.96 Å². The molecule has 26 heavy (non-hydrogen) atoms. The highest BCUT2D eigenvalue weighted by Gasteiger charge is 2.31. The van der Waals surface area contributed by atoms with E-state index in [-0.39, 0.29) is 29.7 Å². The lowest BCUT2D eigenvalue weighted by Crippen LogP contribution is -2.45. The van der Waals surface area contributed by atoms with Crippen LogP contribution in [0.5, 0.6) is 0 Å². The van der Waals surface area contributed by atoms with Crippen LogP contribution in [0.4, 0.5) is 0 Å². The number of guanidine groups is 1. The predicted octanol–water partition coefficient (Wildman–Crippen LogP) is 1.79. The quantitative estimate of drug-likeness (QED) is 0.301. The minimum atomic E-state index is -3.23. The van der Waals surface area contributed by atoms with E-state index in [0.29, 0.717) is 38.3 Å². The molecule has 0 amide bonds. The molecule has 1 saturated carbocycles. The molecule has 1 saturated heterocycles. The van der Waals surface area contributed by atoms with Gasteiger partial charge >= 0.3 is 0 Å². The number of nitrogens with zero attached hydrogens (tertiary/aromatic N) is 2. The summed E-state index contributed by atoms with van der Waals surface area (Å²) in [6, 6.07) is 0. The van der Waals surface area contributed by atoms with Gasteiger partial charge in [0.25, 0.3) is 0 Å². The van der Waals surface area contributed by atoms with Crippen molar-refractivity contribution < 1.29 is 13.2 Å². The molecule has 7 nitrogen and oxygen atoms in total. The van der Waals surface area contributed by atoms with Crippen molar-refractivity contribution in [2.24, 2.45) is 10.4 Å². The second-order valence-electron chi connectivity index (χ2n) is 7.01. The first-order valence-corrected chi connectivity index (χ1v) is 11.2. The molecule has 9 heteroatoms. The molecule has 1 aliphatic carbocycles. The summed E-state index contributed by atoms with van der Waals surface area (Å²) >= 11 is 0. The van der Waals surface area contributed by atoms with Crippen molar-refractivity contribution in [3.63, 3.8) is 0 Å². The summed E-state index contributed by atoms with van der Waals surface area (Å²) < 4.78 is 31.5. The van der Waals surface area contributed by atoms with E-state index >= 15 is 0 Å². The minimum Gasteiger partial charge on any atom is -0.379 e. The van der Waals surface area contributed by atoms with E-state index in [1.165, 1.54) is 30.0 Å². The monoisotopic (exact) mass is 502 g/mol. The fourth-order valence-electron chi connectivity index (χ4n) is 3.59. The van der Waals surface area contributed by atoms with Gasteiger partial charge in [0.05, 0.1) is 19.0 Å². The number of ether oxygens (including phenoxy) is 1. The van der Waals surface area contributed by atoms with Crippen molar-refractivity contribution in [2.45, 2.75) is 46.0 Å². The van der Waals surface area contributed by atoms with E-state index in [9.17, 15) is 8.42 Å². The molecule has 1 heterocycles. The molecule has 154 valence electrons. The lowest BCUT2D eigenvalue weighted by atomic mass is 9.84.